The van der Waals surface area contributed by atoms with Crippen LogP contribution in [0.25, 0.3) is 10.9 Å². The van der Waals surface area contributed by atoms with Gasteiger partial charge < -0.3 is 9.72 Å². The zero-order valence-electron chi connectivity index (χ0n) is 12.8. The summed E-state index contributed by atoms with van der Waals surface area (Å²) in [6, 6.07) is 16.4. The second kappa shape index (κ2) is 5.63. The third-order valence-corrected chi connectivity index (χ3v) is 6.17. The minimum atomic E-state index is -0.713. The molecule has 1 radical (unpaired) electrons. The zero-order chi connectivity index (χ0) is 15.8. The van der Waals surface area contributed by atoms with Crippen LogP contribution in [0.2, 0.25) is 0 Å². The summed E-state index contributed by atoms with van der Waals surface area (Å²) in [5.41, 5.74) is 3.09. The lowest BCUT2D eigenvalue weighted by Gasteiger charge is -2.19. The van der Waals surface area contributed by atoms with E-state index in [1.165, 1.54) is 10.3 Å². The molecule has 1 aliphatic heterocycles. The molecule has 0 spiro atoms. The van der Waals surface area contributed by atoms with Crippen LogP contribution >= 0.6 is 10.9 Å². The average Bonchev–Trinajstić information content (AvgIpc) is 3.18. The number of ether oxygens (including phenoxy) is 1. The number of aliphatic imine (C=N–C) groups is 1. The first-order valence-corrected chi connectivity index (χ1v) is 8.80. The number of rotatable bonds is 3. The summed E-state index contributed by atoms with van der Waals surface area (Å²) in [6.45, 7) is 4.05. The number of H-pyrrole nitrogens is 1. The van der Waals surface area contributed by atoms with Crippen LogP contribution in [0.1, 0.15) is 5.56 Å². The fourth-order valence-corrected chi connectivity index (χ4v) is 5.06. The Morgan fingerprint density at radius 1 is 1.09 bits per heavy atom. The number of thiol groups is 1. The number of benzene rings is 2. The predicted octanol–water partition coefficient (Wildman–Crippen LogP) is 4.67. The van der Waals surface area contributed by atoms with Crippen molar-refractivity contribution in [3.63, 3.8) is 0 Å². The molecule has 0 saturated heterocycles. The van der Waals surface area contributed by atoms with Crippen molar-refractivity contribution in [1.29, 1.82) is 0 Å². The highest BCUT2D eigenvalue weighted by atomic mass is 32.2. The fourth-order valence-electron chi connectivity index (χ4n) is 2.89. The summed E-state index contributed by atoms with van der Waals surface area (Å²) in [5, 5.41) is 4.42. The Kier molecular flexibility index (Phi) is 3.46. The standard InChI is InChI=1S/C19H17N2OS/c1-13-12-23(18-10-6-5-9-17(18)22-2)19(21-13)15-11-20-16-8-4-3-7-14(15)16/h3-12,20,23H,1H2,2H3. The van der Waals surface area contributed by atoms with Gasteiger partial charge in [0.1, 0.15) is 5.75 Å². The van der Waals surface area contributed by atoms with Gasteiger partial charge in [0.2, 0.25) is 0 Å². The molecule has 115 valence electrons. The lowest BCUT2D eigenvalue weighted by atomic mass is 10.2. The molecule has 4 rings (SSSR count). The van der Waals surface area contributed by atoms with E-state index in [0.29, 0.717) is 0 Å². The van der Waals surface area contributed by atoms with E-state index in [1.54, 1.807) is 7.11 Å². The van der Waals surface area contributed by atoms with Gasteiger partial charge in [-0.15, -0.1) is 0 Å². The van der Waals surface area contributed by atoms with Crippen molar-refractivity contribution in [3.8, 4) is 5.75 Å². The molecule has 1 aromatic heterocycles. The number of allylic oxidation sites excluding steroid dienone is 1. The molecule has 3 nitrogen and oxygen atoms in total. The Morgan fingerprint density at radius 3 is 2.74 bits per heavy atom. The summed E-state index contributed by atoms with van der Waals surface area (Å²) in [6.07, 6.45) is 2.04. The molecule has 2 heterocycles. The molecular formula is C19H17N2OS. The van der Waals surface area contributed by atoms with Crippen molar-refractivity contribution in [2.75, 3.05) is 7.11 Å². The van der Waals surface area contributed by atoms with Gasteiger partial charge in [0, 0.05) is 33.3 Å². The maximum atomic E-state index is 5.55. The Balaban J connectivity index is 1.86. The quantitative estimate of drug-likeness (QED) is 0.676. The van der Waals surface area contributed by atoms with E-state index in [4.69, 9.17) is 9.73 Å². The molecule has 0 bridgehead atoms. The maximum absolute atomic E-state index is 5.55. The highest BCUT2D eigenvalue weighted by Gasteiger charge is 2.24. The van der Waals surface area contributed by atoms with Gasteiger partial charge in [0.15, 0.2) is 0 Å². The predicted molar refractivity (Wildman–Crippen MR) is 98.5 cm³/mol. The number of fused-ring (bicyclic) bond motifs is 1. The second-order valence-corrected chi connectivity index (χ2v) is 7.25. The lowest BCUT2D eigenvalue weighted by molar-refractivity contribution is 0.405. The normalized spacial score (nSPS) is 18.8. The molecule has 2 aromatic carbocycles. The number of methoxy groups -OCH3 is 1. The molecule has 0 aliphatic carbocycles. The van der Waals surface area contributed by atoms with Crippen LogP contribution < -0.4 is 4.74 Å². The van der Waals surface area contributed by atoms with Crippen LogP contribution in [0.4, 0.5) is 0 Å². The molecular weight excluding hydrogens is 304 g/mol. The largest absolute Gasteiger partial charge is 0.496 e. The van der Waals surface area contributed by atoms with E-state index in [-0.39, 0.29) is 0 Å². The summed E-state index contributed by atoms with van der Waals surface area (Å²) in [5.74, 6) is 0.900. The molecule has 1 N–H and O–H groups in total. The van der Waals surface area contributed by atoms with E-state index in [9.17, 15) is 0 Å². The summed E-state index contributed by atoms with van der Waals surface area (Å²) >= 11 is 0. The highest BCUT2D eigenvalue weighted by Crippen LogP contribution is 2.50. The number of aromatic amines is 1. The van der Waals surface area contributed by atoms with Gasteiger partial charge >= 0.3 is 0 Å². The number of hydrogen-bond donors (Lipinski definition) is 2. The zero-order valence-corrected chi connectivity index (χ0v) is 13.7. The van der Waals surface area contributed by atoms with E-state index < -0.39 is 10.9 Å². The van der Waals surface area contributed by atoms with Gasteiger partial charge in [0.25, 0.3) is 0 Å². The number of nitrogens with zero attached hydrogens (tertiary/aromatic N) is 1. The first-order valence-electron chi connectivity index (χ1n) is 7.39. The number of nitrogens with one attached hydrogen (secondary N) is 1. The molecule has 0 amide bonds. The van der Waals surface area contributed by atoms with Crippen LogP contribution in [0.5, 0.6) is 5.75 Å². The molecule has 1 unspecified atom stereocenters. The van der Waals surface area contributed by atoms with Crippen LogP contribution in [0, 0.1) is 6.92 Å². The van der Waals surface area contributed by atoms with E-state index in [1.807, 2.05) is 30.5 Å². The van der Waals surface area contributed by atoms with E-state index in [0.717, 1.165) is 27.6 Å². The third-order valence-electron chi connectivity index (χ3n) is 3.93. The van der Waals surface area contributed by atoms with Crippen LogP contribution in [-0.4, -0.2) is 17.1 Å². The van der Waals surface area contributed by atoms with Crippen molar-refractivity contribution in [1.82, 2.24) is 4.98 Å². The van der Waals surface area contributed by atoms with Gasteiger partial charge in [-0.25, -0.2) is 4.99 Å². The van der Waals surface area contributed by atoms with Crippen LogP contribution in [-0.2, 0) is 0 Å². The molecule has 3 aromatic rings. The topological polar surface area (TPSA) is 37.4 Å². The molecule has 0 fully saturated rings. The summed E-state index contributed by atoms with van der Waals surface area (Å²) in [4.78, 5) is 9.24. The Morgan fingerprint density at radius 2 is 1.87 bits per heavy atom. The van der Waals surface area contributed by atoms with Gasteiger partial charge in [-0.1, -0.05) is 30.3 Å². The first kappa shape index (κ1) is 14.2. The molecule has 1 atom stereocenters. The van der Waals surface area contributed by atoms with Gasteiger partial charge in [-0.2, -0.15) is 10.9 Å². The first-order chi connectivity index (χ1) is 11.3. The number of hydrogen-bond acceptors (Lipinski definition) is 2. The summed E-state index contributed by atoms with van der Waals surface area (Å²) in [7, 11) is 0.997. The Labute approximate surface area is 138 Å². The lowest BCUT2D eigenvalue weighted by Crippen LogP contribution is -1.99. The van der Waals surface area contributed by atoms with Gasteiger partial charge in [-0.05, 0) is 30.5 Å². The van der Waals surface area contributed by atoms with Crippen molar-refractivity contribution in [3.05, 3.63) is 78.3 Å². The third kappa shape index (κ3) is 2.35. The van der Waals surface area contributed by atoms with Crippen LogP contribution in [0.15, 0.2) is 75.7 Å². The van der Waals surface area contributed by atoms with Gasteiger partial charge in [0.05, 0.1) is 12.2 Å². The Bertz CT molecular complexity index is 939. The van der Waals surface area contributed by atoms with E-state index in [2.05, 4.69) is 41.6 Å². The molecule has 23 heavy (non-hydrogen) atoms. The highest BCUT2D eigenvalue weighted by molar-refractivity contribution is 8.33. The van der Waals surface area contributed by atoms with Crippen molar-refractivity contribution >= 4 is 26.8 Å². The van der Waals surface area contributed by atoms with Crippen LogP contribution in [0.3, 0.4) is 0 Å². The monoisotopic (exact) mass is 321 g/mol. The Hall–Kier alpha value is -2.46. The van der Waals surface area contributed by atoms with Crippen molar-refractivity contribution in [2.45, 2.75) is 4.90 Å². The maximum Gasteiger partial charge on any atom is 0.131 e. The van der Waals surface area contributed by atoms with Crippen molar-refractivity contribution in [2.24, 2.45) is 4.99 Å². The van der Waals surface area contributed by atoms with Crippen molar-refractivity contribution < 1.29 is 4.74 Å². The minimum absolute atomic E-state index is 0.713. The molecule has 4 heteroatoms. The molecule has 0 saturated carbocycles. The smallest absolute Gasteiger partial charge is 0.131 e. The number of para-hydroxylation sites is 2. The minimum Gasteiger partial charge on any atom is -0.496 e. The summed E-state index contributed by atoms with van der Waals surface area (Å²) < 4.78 is 5.55. The SMILES string of the molecule is [CH2]C1=C[SH](c2ccccc2OC)C(c2c[nH]c3ccccc23)=N1. The van der Waals surface area contributed by atoms with Gasteiger partial charge in [-0.3, -0.25) is 0 Å². The average molecular weight is 321 g/mol. The second-order valence-electron chi connectivity index (χ2n) is 5.35. The molecule has 1 aliphatic rings. The fraction of sp³-hybridized carbons (Fsp3) is 0.0526. The number of aromatic nitrogens is 1. The van der Waals surface area contributed by atoms with E-state index >= 15 is 0 Å².